The summed E-state index contributed by atoms with van der Waals surface area (Å²) < 4.78 is 0. The van der Waals surface area contributed by atoms with Crippen molar-refractivity contribution in [3.05, 3.63) is 221 Å². The zero-order valence-corrected chi connectivity index (χ0v) is 28.4. The maximum atomic E-state index is 5.76. The fourth-order valence-corrected chi connectivity index (χ4v) is 5.43. The minimum atomic E-state index is 0.778. The van der Waals surface area contributed by atoms with Gasteiger partial charge in [-0.25, -0.2) is 0 Å². The number of anilines is 1. The lowest BCUT2D eigenvalue weighted by Gasteiger charge is -2.03. The van der Waals surface area contributed by atoms with Crippen LogP contribution in [0, 0.1) is 6.92 Å². The molecule has 0 saturated heterocycles. The molecule has 0 unspecified atom stereocenters. The summed E-state index contributed by atoms with van der Waals surface area (Å²) in [5.74, 6) is 0. The minimum absolute atomic E-state index is 0.778. The minimum Gasteiger partial charge on any atom is -0.399 e. The summed E-state index contributed by atoms with van der Waals surface area (Å²) in [5.41, 5.74) is 19.7. The molecule has 0 aromatic heterocycles. The standard InChI is InChI=1S/C49H41N/c1-38-14-16-39(17-15-38)8-2-3-9-40-18-28-45(29-19-40)46-30-20-41(21-31-46)10-4-5-11-42-22-32-47(33-23-42)48-34-24-43(25-35-48)12-6-7-13-44-26-36-49(50)37-27-44/h2-37H,50H2,1H3/b8-2+,9-3+,10-4+,11-5+,12-6+,13-7+. The number of nitrogen functional groups attached to an aromatic ring is 1. The zero-order valence-electron chi connectivity index (χ0n) is 28.4. The van der Waals surface area contributed by atoms with Gasteiger partial charge >= 0.3 is 0 Å². The summed E-state index contributed by atoms with van der Waals surface area (Å²) in [5, 5.41) is 0. The lowest BCUT2D eigenvalue weighted by molar-refractivity contribution is 1.46. The molecular weight excluding hydrogens is 603 g/mol. The molecule has 0 atom stereocenters. The van der Waals surface area contributed by atoms with Crippen molar-refractivity contribution < 1.29 is 0 Å². The maximum Gasteiger partial charge on any atom is 0.0314 e. The summed E-state index contributed by atoms with van der Waals surface area (Å²) in [6.07, 6.45) is 25.2. The Morgan fingerprint density at radius 3 is 0.720 bits per heavy atom. The molecular formula is C49H41N. The van der Waals surface area contributed by atoms with Crippen molar-refractivity contribution in [2.75, 3.05) is 5.73 Å². The number of hydrogen-bond donors (Lipinski definition) is 1. The van der Waals surface area contributed by atoms with Gasteiger partial charge in [0.25, 0.3) is 0 Å². The van der Waals surface area contributed by atoms with Crippen molar-refractivity contribution in [2.45, 2.75) is 6.92 Å². The molecule has 6 aromatic rings. The van der Waals surface area contributed by atoms with Crippen LogP contribution < -0.4 is 5.73 Å². The van der Waals surface area contributed by atoms with Crippen LogP contribution in [0.1, 0.15) is 38.9 Å². The van der Waals surface area contributed by atoms with E-state index in [1.165, 1.54) is 50.1 Å². The van der Waals surface area contributed by atoms with E-state index >= 15 is 0 Å². The van der Waals surface area contributed by atoms with Gasteiger partial charge in [-0.05, 0) is 74.7 Å². The Balaban J connectivity index is 0.967. The quantitative estimate of drug-likeness (QED) is 0.110. The summed E-state index contributed by atoms with van der Waals surface area (Å²) >= 11 is 0. The van der Waals surface area contributed by atoms with Crippen LogP contribution in [0.3, 0.4) is 0 Å². The SMILES string of the molecule is Cc1ccc(/C=C/C=C/c2ccc(-c3ccc(/C=C/C=C/c4ccc(-c5ccc(/C=C/C=C/c6ccc(N)cc6)cc5)cc4)cc3)cc2)cc1. The molecule has 0 aliphatic heterocycles. The van der Waals surface area contributed by atoms with Gasteiger partial charge in [-0.15, -0.1) is 0 Å². The fraction of sp³-hybridized carbons (Fsp3) is 0.0204. The molecule has 0 fully saturated rings. The van der Waals surface area contributed by atoms with Crippen molar-refractivity contribution in [2.24, 2.45) is 0 Å². The lowest BCUT2D eigenvalue weighted by atomic mass is 10.0. The first-order valence-electron chi connectivity index (χ1n) is 16.9. The predicted octanol–water partition coefficient (Wildman–Crippen LogP) is 13.1. The van der Waals surface area contributed by atoms with E-state index < -0.39 is 0 Å². The normalized spacial score (nSPS) is 12.1. The van der Waals surface area contributed by atoms with E-state index in [0.717, 1.165) is 16.8 Å². The molecule has 50 heavy (non-hydrogen) atoms. The third kappa shape index (κ3) is 10.0. The van der Waals surface area contributed by atoms with Crippen LogP contribution in [-0.4, -0.2) is 0 Å². The number of hydrogen-bond acceptors (Lipinski definition) is 1. The molecule has 0 aliphatic rings. The molecule has 0 aliphatic carbocycles. The van der Waals surface area contributed by atoms with Gasteiger partial charge in [-0.3, -0.25) is 0 Å². The summed E-state index contributed by atoms with van der Waals surface area (Å²) in [7, 11) is 0. The molecule has 2 N–H and O–H groups in total. The van der Waals surface area contributed by atoms with E-state index in [2.05, 4.69) is 195 Å². The van der Waals surface area contributed by atoms with E-state index in [4.69, 9.17) is 5.73 Å². The lowest BCUT2D eigenvalue weighted by Crippen LogP contribution is -1.82. The van der Waals surface area contributed by atoms with E-state index in [9.17, 15) is 0 Å². The van der Waals surface area contributed by atoms with Crippen molar-refractivity contribution in [3.63, 3.8) is 0 Å². The van der Waals surface area contributed by atoms with Crippen molar-refractivity contribution in [1.82, 2.24) is 0 Å². The second-order valence-electron chi connectivity index (χ2n) is 12.2. The smallest absolute Gasteiger partial charge is 0.0314 e. The zero-order chi connectivity index (χ0) is 34.4. The van der Waals surface area contributed by atoms with E-state index in [1.807, 2.05) is 30.3 Å². The first kappa shape index (κ1) is 33.5. The largest absolute Gasteiger partial charge is 0.399 e. The monoisotopic (exact) mass is 643 g/mol. The average Bonchev–Trinajstić information content (AvgIpc) is 3.16. The molecule has 1 heteroatoms. The van der Waals surface area contributed by atoms with Crippen molar-refractivity contribution in [3.8, 4) is 22.3 Å². The van der Waals surface area contributed by atoms with Crippen LogP contribution in [0.25, 0.3) is 58.7 Å². The molecule has 1 nitrogen and oxygen atoms in total. The summed E-state index contributed by atoms with van der Waals surface area (Å²) in [6, 6.07) is 51.1. The molecule has 0 amide bonds. The Bertz CT molecular complexity index is 1970. The summed E-state index contributed by atoms with van der Waals surface area (Å²) in [6.45, 7) is 2.11. The van der Waals surface area contributed by atoms with Crippen molar-refractivity contribution >= 4 is 42.1 Å². The Hall–Kier alpha value is -6.44. The molecule has 6 aromatic carbocycles. The number of aryl methyl sites for hydroxylation is 1. The second kappa shape index (κ2) is 17.1. The molecule has 0 spiro atoms. The molecule has 0 saturated carbocycles. The Morgan fingerprint density at radius 1 is 0.280 bits per heavy atom. The van der Waals surface area contributed by atoms with Crippen LogP contribution in [0.15, 0.2) is 182 Å². The topological polar surface area (TPSA) is 26.0 Å². The molecule has 242 valence electrons. The maximum absolute atomic E-state index is 5.76. The van der Waals surface area contributed by atoms with E-state index in [0.29, 0.717) is 0 Å². The average molecular weight is 644 g/mol. The third-order valence-corrected chi connectivity index (χ3v) is 8.39. The highest BCUT2D eigenvalue weighted by Crippen LogP contribution is 2.23. The van der Waals surface area contributed by atoms with Crippen LogP contribution in [0.4, 0.5) is 5.69 Å². The van der Waals surface area contributed by atoms with Gasteiger partial charge in [-0.2, -0.15) is 0 Å². The number of benzene rings is 6. The van der Waals surface area contributed by atoms with Gasteiger partial charge in [-0.1, -0.05) is 212 Å². The first-order valence-corrected chi connectivity index (χ1v) is 16.9. The highest BCUT2D eigenvalue weighted by Gasteiger charge is 1.99. The van der Waals surface area contributed by atoms with Gasteiger partial charge in [0, 0.05) is 5.69 Å². The van der Waals surface area contributed by atoms with Crippen LogP contribution in [-0.2, 0) is 0 Å². The number of rotatable bonds is 11. The van der Waals surface area contributed by atoms with E-state index in [1.54, 1.807) is 0 Å². The number of allylic oxidation sites excluding steroid dienone is 6. The molecule has 6 rings (SSSR count). The highest BCUT2D eigenvalue weighted by molar-refractivity contribution is 5.70. The molecule has 0 radical (unpaired) electrons. The van der Waals surface area contributed by atoms with Gasteiger partial charge in [0.2, 0.25) is 0 Å². The fourth-order valence-electron chi connectivity index (χ4n) is 5.43. The first-order chi connectivity index (χ1) is 24.6. The van der Waals surface area contributed by atoms with Gasteiger partial charge < -0.3 is 5.73 Å². The number of nitrogens with two attached hydrogens (primary N) is 1. The molecule has 0 bridgehead atoms. The predicted molar refractivity (Wildman–Crippen MR) is 220 cm³/mol. The second-order valence-corrected chi connectivity index (χ2v) is 12.2. The Labute approximate surface area is 297 Å². The summed E-state index contributed by atoms with van der Waals surface area (Å²) in [4.78, 5) is 0. The van der Waals surface area contributed by atoms with Crippen LogP contribution in [0.5, 0.6) is 0 Å². The molecule has 0 heterocycles. The van der Waals surface area contributed by atoms with Gasteiger partial charge in [0.15, 0.2) is 0 Å². The van der Waals surface area contributed by atoms with Crippen molar-refractivity contribution in [1.29, 1.82) is 0 Å². The van der Waals surface area contributed by atoms with E-state index in [-0.39, 0.29) is 0 Å². The van der Waals surface area contributed by atoms with Crippen LogP contribution in [0.2, 0.25) is 0 Å². The third-order valence-electron chi connectivity index (χ3n) is 8.39. The Morgan fingerprint density at radius 2 is 0.480 bits per heavy atom. The van der Waals surface area contributed by atoms with Gasteiger partial charge in [0.1, 0.15) is 0 Å². The van der Waals surface area contributed by atoms with Crippen LogP contribution >= 0.6 is 0 Å². The highest BCUT2D eigenvalue weighted by atomic mass is 14.5. The Kier molecular flexibility index (Phi) is 11.4. The van der Waals surface area contributed by atoms with Gasteiger partial charge in [0.05, 0.1) is 0 Å².